The Morgan fingerprint density at radius 1 is 1.24 bits per heavy atom. The van der Waals surface area contributed by atoms with Gasteiger partial charge in [0.05, 0.1) is 30.3 Å². The number of carbonyl (C=O) groups excluding carboxylic acids is 2. The lowest BCUT2D eigenvalue weighted by Gasteiger charge is -2.25. The predicted octanol–water partition coefficient (Wildman–Crippen LogP) is 2.68. The van der Waals surface area contributed by atoms with Gasteiger partial charge in [-0.3, -0.25) is 14.2 Å². The van der Waals surface area contributed by atoms with Gasteiger partial charge in [-0.25, -0.2) is 14.2 Å². The van der Waals surface area contributed by atoms with E-state index in [1.165, 1.54) is 15.9 Å². The molecular weight excluding hydrogens is 520 g/mol. The molecule has 1 saturated heterocycles. The van der Waals surface area contributed by atoms with E-state index in [1.807, 2.05) is 0 Å². The number of amides is 2. The summed E-state index contributed by atoms with van der Waals surface area (Å²) < 4.78 is 13.1. The van der Waals surface area contributed by atoms with Crippen molar-refractivity contribution < 1.29 is 19.1 Å². The van der Waals surface area contributed by atoms with Crippen molar-refractivity contribution >= 4 is 45.2 Å². The van der Waals surface area contributed by atoms with Crippen LogP contribution in [0.15, 0.2) is 33.9 Å². The Kier molecular flexibility index (Phi) is 7.36. The summed E-state index contributed by atoms with van der Waals surface area (Å²) in [7, 11) is 0. The van der Waals surface area contributed by atoms with E-state index in [4.69, 9.17) is 21.1 Å². The molecule has 0 bridgehead atoms. The minimum Gasteiger partial charge on any atom is -0.450 e. The zero-order valence-corrected chi connectivity index (χ0v) is 21.9. The van der Waals surface area contributed by atoms with Crippen LogP contribution < -0.4 is 16.6 Å². The van der Waals surface area contributed by atoms with Gasteiger partial charge in [-0.1, -0.05) is 11.6 Å². The molecule has 1 aromatic carbocycles. The van der Waals surface area contributed by atoms with E-state index in [1.54, 1.807) is 36.1 Å². The number of nitrogens with zero attached hydrogens (tertiary/aromatic N) is 3. The van der Waals surface area contributed by atoms with Crippen molar-refractivity contribution in [1.82, 2.24) is 19.4 Å². The maximum Gasteiger partial charge on any atom is 0.410 e. The Bertz CT molecular complexity index is 1460. The Morgan fingerprint density at radius 2 is 2.03 bits per heavy atom. The van der Waals surface area contributed by atoms with Crippen LogP contribution in [-0.2, 0) is 33.8 Å². The second-order valence-electron chi connectivity index (χ2n) is 8.98. The summed E-state index contributed by atoms with van der Waals surface area (Å²) in [5.74, 6) is -0.347. The van der Waals surface area contributed by atoms with E-state index in [9.17, 15) is 19.2 Å². The fraction of sp³-hybridized carbons (Fsp3) is 0.440. The molecule has 2 aliphatic heterocycles. The normalized spacial score (nSPS) is 17.1. The predicted molar refractivity (Wildman–Crippen MR) is 140 cm³/mol. The van der Waals surface area contributed by atoms with Crippen molar-refractivity contribution in [1.29, 1.82) is 0 Å². The molecule has 1 fully saturated rings. The number of nitrogens with one attached hydrogen (secondary N) is 1. The topological polar surface area (TPSA) is 112 Å². The first-order chi connectivity index (χ1) is 17.9. The lowest BCUT2D eigenvalue weighted by molar-refractivity contribution is -0.122. The molecule has 0 saturated carbocycles. The summed E-state index contributed by atoms with van der Waals surface area (Å²) in [6.07, 6.45) is 1.81. The molecule has 10 nitrogen and oxygen atoms in total. The highest BCUT2D eigenvalue weighted by atomic mass is 35.5. The number of aromatic nitrogens is 2. The maximum absolute atomic E-state index is 13.7. The Morgan fingerprint density at radius 3 is 2.73 bits per heavy atom. The highest BCUT2D eigenvalue weighted by Gasteiger charge is 2.29. The number of hydrogen-bond acceptors (Lipinski definition) is 7. The Balaban J connectivity index is 1.58. The van der Waals surface area contributed by atoms with Crippen LogP contribution in [0.3, 0.4) is 0 Å². The van der Waals surface area contributed by atoms with Gasteiger partial charge in [0.15, 0.2) is 0 Å². The molecule has 196 valence electrons. The van der Waals surface area contributed by atoms with E-state index >= 15 is 0 Å². The van der Waals surface area contributed by atoms with Crippen LogP contribution in [0.5, 0.6) is 0 Å². The molecule has 1 N–H and O–H groups in total. The molecule has 1 atom stereocenters. The van der Waals surface area contributed by atoms with Crippen molar-refractivity contribution in [2.75, 3.05) is 26.3 Å². The first-order valence-corrected chi connectivity index (χ1v) is 13.4. The lowest BCUT2D eigenvalue weighted by atomic mass is 10.1. The molecular formula is C25H27ClN4O6S. The number of halogens is 1. The largest absolute Gasteiger partial charge is 0.450 e. The van der Waals surface area contributed by atoms with Crippen molar-refractivity contribution in [3.63, 3.8) is 0 Å². The Labute approximate surface area is 221 Å². The summed E-state index contributed by atoms with van der Waals surface area (Å²) in [6, 6.07) is 6.40. The van der Waals surface area contributed by atoms with Crippen molar-refractivity contribution in [2.45, 2.75) is 45.4 Å². The van der Waals surface area contributed by atoms with E-state index in [2.05, 4.69) is 5.32 Å². The smallest absolute Gasteiger partial charge is 0.410 e. The summed E-state index contributed by atoms with van der Waals surface area (Å²) in [5.41, 5.74) is 0.0776. The summed E-state index contributed by atoms with van der Waals surface area (Å²) in [5, 5.41) is 3.72. The number of benzene rings is 1. The number of ether oxygens (including phenoxy) is 2. The second kappa shape index (κ2) is 10.7. The van der Waals surface area contributed by atoms with Gasteiger partial charge in [0, 0.05) is 29.6 Å². The van der Waals surface area contributed by atoms with Gasteiger partial charge in [-0.15, -0.1) is 11.3 Å². The van der Waals surface area contributed by atoms with Gasteiger partial charge in [-0.05, 0) is 56.0 Å². The quantitative estimate of drug-likeness (QED) is 0.509. The molecule has 12 heteroatoms. The second-order valence-corrected chi connectivity index (χ2v) is 10.5. The maximum atomic E-state index is 13.7. The molecule has 0 radical (unpaired) electrons. The van der Waals surface area contributed by atoms with Crippen molar-refractivity contribution in [3.8, 4) is 5.69 Å². The minimum absolute atomic E-state index is 0.0355. The molecule has 3 aromatic rings. The first-order valence-electron chi connectivity index (χ1n) is 12.2. The van der Waals surface area contributed by atoms with E-state index in [-0.39, 0.29) is 31.7 Å². The van der Waals surface area contributed by atoms with Gasteiger partial charge in [0.1, 0.15) is 11.4 Å². The lowest BCUT2D eigenvalue weighted by Crippen LogP contribution is -2.42. The van der Waals surface area contributed by atoms with E-state index in [0.717, 1.165) is 27.8 Å². The average molecular weight is 547 g/mol. The van der Waals surface area contributed by atoms with Crippen LogP contribution in [0, 0.1) is 0 Å². The third kappa shape index (κ3) is 5.03. The van der Waals surface area contributed by atoms with Crippen LogP contribution in [0.25, 0.3) is 15.9 Å². The van der Waals surface area contributed by atoms with Crippen molar-refractivity contribution in [3.05, 3.63) is 60.6 Å². The molecule has 1 unspecified atom stereocenters. The van der Waals surface area contributed by atoms with Crippen LogP contribution in [0.4, 0.5) is 4.79 Å². The minimum atomic E-state index is -0.618. The van der Waals surface area contributed by atoms with Gasteiger partial charge in [0.2, 0.25) is 5.91 Å². The van der Waals surface area contributed by atoms with E-state index in [0.29, 0.717) is 47.0 Å². The van der Waals surface area contributed by atoms with Crippen molar-refractivity contribution in [2.24, 2.45) is 0 Å². The molecule has 2 amide bonds. The summed E-state index contributed by atoms with van der Waals surface area (Å²) in [6.45, 7) is 3.46. The molecule has 0 aliphatic carbocycles. The summed E-state index contributed by atoms with van der Waals surface area (Å²) >= 11 is 7.29. The number of thiophene rings is 1. The third-order valence-electron chi connectivity index (χ3n) is 6.59. The standard InChI is InChI=1S/C25H27ClN4O6S/c1-2-35-25(34)28-10-9-18-19(13-28)37-23-21(18)22(32)30(16-7-5-15(26)6-8-16)24(33)29(23)14-20(31)27-12-17-4-3-11-36-17/h5-8,17H,2-4,9-14H2,1H3,(H,27,31). The zero-order valence-electron chi connectivity index (χ0n) is 20.3. The fourth-order valence-electron chi connectivity index (χ4n) is 4.77. The highest BCUT2D eigenvalue weighted by molar-refractivity contribution is 7.18. The van der Waals surface area contributed by atoms with Gasteiger partial charge < -0.3 is 19.7 Å². The van der Waals surface area contributed by atoms with Crippen LogP contribution in [0.1, 0.15) is 30.2 Å². The van der Waals surface area contributed by atoms with Crippen LogP contribution >= 0.6 is 22.9 Å². The van der Waals surface area contributed by atoms with Crippen LogP contribution in [0.2, 0.25) is 5.02 Å². The van der Waals surface area contributed by atoms with Gasteiger partial charge in [0.25, 0.3) is 5.56 Å². The molecule has 4 heterocycles. The highest BCUT2D eigenvalue weighted by Crippen LogP contribution is 2.33. The molecule has 37 heavy (non-hydrogen) atoms. The molecule has 2 aromatic heterocycles. The fourth-order valence-corrected chi connectivity index (χ4v) is 6.24. The zero-order chi connectivity index (χ0) is 26.1. The van der Waals surface area contributed by atoms with Gasteiger partial charge >= 0.3 is 11.8 Å². The molecule has 5 rings (SSSR count). The SMILES string of the molecule is CCOC(=O)N1CCc2c(sc3c2c(=O)n(-c2ccc(Cl)cc2)c(=O)n3CC(=O)NCC2CCCO2)C1. The Hall–Kier alpha value is -3.15. The summed E-state index contributed by atoms with van der Waals surface area (Å²) in [4.78, 5) is 55.4. The van der Waals surface area contributed by atoms with E-state index < -0.39 is 17.3 Å². The van der Waals surface area contributed by atoms with Crippen LogP contribution in [-0.4, -0.2) is 58.4 Å². The average Bonchev–Trinajstić information content (AvgIpc) is 3.54. The van der Waals surface area contributed by atoms with Gasteiger partial charge in [-0.2, -0.15) is 0 Å². The number of carbonyl (C=O) groups is 2. The number of fused-ring (bicyclic) bond motifs is 3. The molecule has 2 aliphatic rings. The first kappa shape index (κ1) is 25.5. The number of hydrogen-bond donors (Lipinski definition) is 1. The third-order valence-corrected chi connectivity index (χ3v) is 8.08. The molecule has 0 spiro atoms. The number of rotatable bonds is 6. The monoisotopic (exact) mass is 546 g/mol.